The van der Waals surface area contributed by atoms with Crippen molar-refractivity contribution in [1.82, 2.24) is 19.0 Å². The average molecular weight is 451 g/mol. The third-order valence-corrected chi connectivity index (χ3v) is 6.77. The van der Waals surface area contributed by atoms with Crippen molar-refractivity contribution >= 4 is 11.7 Å². The maximum atomic E-state index is 12.8. The second kappa shape index (κ2) is 7.61. The molecule has 1 N–H and O–H groups in total. The molecule has 6 rings (SSSR count). The fraction of sp³-hybridized carbons (Fsp3) is 0.192. The molecule has 1 saturated heterocycles. The predicted octanol–water partition coefficient (Wildman–Crippen LogP) is 3.47. The van der Waals surface area contributed by atoms with Crippen LogP contribution in [-0.2, 0) is 6.54 Å². The summed E-state index contributed by atoms with van der Waals surface area (Å²) in [6.45, 7) is 1.02. The molecule has 0 aliphatic carbocycles. The minimum Gasteiger partial charge on any atom is -0.394 e. The smallest absolute Gasteiger partial charge is 0.324 e. The molecular formula is C26H22N6O2. The predicted molar refractivity (Wildman–Crippen MR) is 128 cm³/mol. The first-order valence-corrected chi connectivity index (χ1v) is 11.1. The monoisotopic (exact) mass is 450 g/mol. The molecule has 2 aliphatic heterocycles. The number of aromatic nitrogens is 3. The number of aliphatic hydroxyl groups excluding tert-OH is 1. The third-order valence-electron chi connectivity index (χ3n) is 6.77. The number of rotatable bonds is 3. The van der Waals surface area contributed by atoms with Gasteiger partial charge >= 0.3 is 6.03 Å². The third kappa shape index (κ3) is 3.02. The van der Waals surface area contributed by atoms with Gasteiger partial charge in [0.1, 0.15) is 0 Å². The van der Waals surface area contributed by atoms with E-state index < -0.39 is 0 Å². The number of hydrogen-bond donors (Lipinski definition) is 1. The van der Waals surface area contributed by atoms with Gasteiger partial charge in [-0.2, -0.15) is 5.26 Å². The van der Waals surface area contributed by atoms with E-state index >= 15 is 0 Å². The highest BCUT2D eigenvalue weighted by Gasteiger charge is 2.35. The number of carbonyl (C=O) groups is 1. The van der Waals surface area contributed by atoms with Gasteiger partial charge in [0.05, 0.1) is 42.2 Å². The van der Waals surface area contributed by atoms with Crippen LogP contribution in [-0.4, -0.2) is 56.4 Å². The molecule has 2 aromatic carbocycles. The molecule has 0 unspecified atom stereocenters. The summed E-state index contributed by atoms with van der Waals surface area (Å²) >= 11 is 0. The molecule has 168 valence electrons. The first-order chi connectivity index (χ1) is 16.6. The fourth-order valence-corrected chi connectivity index (χ4v) is 4.85. The highest BCUT2D eigenvalue weighted by Crippen LogP contribution is 2.36. The van der Waals surface area contributed by atoms with Crippen molar-refractivity contribution in [3.05, 3.63) is 78.2 Å². The molecule has 1 atom stereocenters. The number of aliphatic hydroxyl groups is 1. The van der Waals surface area contributed by atoms with Crippen molar-refractivity contribution in [2.75, 3.05) is 25.1 Å². The Labute approximate surface area is 196 Å². The van der Waals surface area contributed by atoms with Crippen LogP contribution < -0.4 is 4.90 Å². The SMILES string of the molecule is CN1C(=O)N(c2ccc3c(c2)Cn2cc(-c4ccc(C#N)cc4)cc2-c2nccn2-3)C[C@H]1CO. The van der Waals surface area contributed by atoms with Gasteiger partial charge in [-0.05, 0) is 47.5 Å². The highest BCUT2D eigenvalue weighted by atomic mass is 16.3. The van der Waals surface area contributed by atoms with Gasteiger partial charge in [-0.3, -0.25) is 9.47 Å². The zero-order valence-corrected chi connectivity index (χ0v) is 18.6. The van der Waals surface area contributed by atoms with Crippen molar-refractivity contribution in [3.8, 4) is 34.4 Å². The maximum absolute atomic E-state index is 12.8. The molecule has 8 nitrogen and oxygen atoms in total. The van der Waals surface area contributed by atoms with Gasteiger partial charge in [-0.15, -0.1) is 0 Å². The van der Waals surface area contributed by atoms with Crippen molar-refractivity contribution < 1.29 is 9.90 Å². The summed E-state index contributed by atoms with van der Waals surface area (Å²) in [5, 5.41) is 18.7. The van der Waals surface area contributed by atoms with E-state index in [0.717, 1.165) is 39.6 Å². The Balaban J connectivity index is 1.42. The fourth-order valence-electron chi connectivity index (χ4n) is 4.85. The zero-order valence-electron chi connectivity index (χ0n) is 18.6. The Morgan fingerprint density at radius 1 is 1.15 bits per heavy atom. The van der Waals surface area contributed by atoms with E-state index in [9.17, 15) is 9.90 Å². The number of benzene rings is 2. The van der Waals surface area contributed by atoms with Crippen LogP contribution in [0.25, 0.3) is 28.3 Å². The van der Waals surface area contributed by atoms with E-state index in [-0.39, 0.29) is 18.7 Å². The molecule has 34 heavy (non-hydrogen) atoms. The van der Waals surface area contributed by atoms with Crippen LogP contribution in [0.3, 0.4) is 0 Å². The van der Waals surface area contributed by atoms with Crippen LogP contribution >= 0.6 is 0 Å². The molecule has 2 aliphatic rings. The van der Waals surface area contributed by atoms with Crippen molar-refractivity contribution in [2.24, 2.45) is 0 Å². The molecule has 0 saturated carbocycles. The van der Waals surface area contributed by atoms with Crippen LogP contribution in [0.2, 0.25) is 0 Å². The molecule has 4 heterocycles. The normalized spacial score (nSPS) is 16.6. The lowest BCUT2D eigenvalue weighted by molar-refractivity contribution is 0.182. The molecule has 2 amide bonds. The summed E-state index contributed by atoms with van der Waals surface area (Å²) in [7, 11) is 1.72. The Morgan fingerprint density at radius 2 is 1.97 bits per heavy atom. The number of nitrogens with zero attached hydrogens (tertiary/aromatic N) is 6. The van der Waals surface area contributed by atoms with Crippen LogP contribution in [0.15, 0.2) is 67.1 Å². The molecule has 0 radical (unpaired) electrons. The Kier molecular flexibility index (Phi) is 4.54. The van der Waals surface area contributed by atoms with Gasteiger partial charge in [-0.1, -0.05) is 12.1 Å². The number of hydrogen-bond acceptors (Lipinski definition) is 4. The zero-order chi connectivity index (χ0) is 23.4. The van der Waals surface area contributed by atoms with Gasteiger partial charge < -0.3 is 14.6 Å². The maximum Gasteiger partial charge on any atom is 0.324 e. The van der Waals surface area contributed by atoms with Gasteiger partial charge in [-0.25, -0.2) is 9.78 Å². The number of imidazole rings is 1. The molecule has 0 bridgehead atoms. The number of carbonyl (C=O) groups excluding carboxylic acids is 1. The summed E-state index contributed by atoms with van der Waals surface area (Å²) in [5.41, 5.74) is 6.63. The summed E-state index contributed by atoms with van der Waals surface area (Å²) in [4.78, 5) is 20.7. The molecule has 4 aromatic rings. The minimum absolute atomic E-state index is 0.0626. The van der Waals surface area contributed by atoms with E-state index in [1.54, 1.807) is 23.0 Å². The summed E-state index contributed by atoms with van der Waals surface area (Å²) in [5.74, 6) is 0.851. The van der Waals surface area contributed by atoms with Crippen LogP contribution in [0.1, 0.15) is 11.1 Å². The Morgan fingerprint density at radius 3 is 2.71 bits per heavy atom. The molecule has 1 fully saturated rings. The summed E-state index contributed by atoms with van der Waals surface area (Å²) < 4.78 is 4.26. The number of amides is 2. The Hall–Kier alpha value is -4.35. The number of fused-ring (bicyclic) bond motifs is 5. The van der Waals surface area contributed by atoms with Crippen molar-refractivity contribution in [2.45, 2.75) is 12.6 Å². The van der Waals surface area contributed by atoms with Gasteiger partial charge in [0, 0.05) is 43.4 Å². The van der Waals surface area contributed by atoms with Crippen molar-refractivity contribution in [3.63, 3.8) is 0 Å². The first kappa shape index (κ1) is 20.3. The minimum atomic E-state index is -0.211. The molecule has 8 heteroatoms. The quantitative estimate of drug-likeness (QED) is 0.456. The standard InChI is InChI=1S/C26H22N6O2/c1-29-22(16-33)15-32(26(29)34)21-6-7-23-20(10-21)14-30-13-19(18-4-2-17(12-27)3-5-18)11-24(30)25-28-8-9-31(23)25/h2-11,13,22,33H,14-16H2,1H3/t22-/m0/s1. The van der Waals surface area contributed by atoms with Crippen LogP contribution in [0.4, 0.5) is 10.5 Å². The van der Waals surface area contributed by atoms with Crippen molar-refractivity contribution in [1.29, 1.82) is 5.26 Å². The van der Waals surface area contributed by atoms with Gasteiger partial charge in [0.15, 0.2) is 5.82 Å². The van der Waals surface area contributed by atoms with E-state index in [4.69, 9.17) is 5.26 Å². The molecular weight excluding hydrogens is 428 g/mol. The summed E-state index contributed by atoms with van der Waals surface area (Å²) in [6, 6.07) is 17.6. The van der Waals surface area contributed by atoms with Gasteiger partial charge in [0.25, 0.3) is 0 Å². The topological polar surface area (TPSA) is 90.3 Å². The first-order valence-electron chi connectivity index (χ1n) is 11.1. The molecule has 0 spiro atoms. The average Bonchev–Trinajstić information content (AvgIpc) is 3.56. The van der Waals surface area contributed by atoms with E-state index in [2.05, 4.69) is 38.5 Å². The number of urea groups is 1. The van der Waals surface area contributed by atoms with E-state index in [1.165, 1.54) is 0 Å². The molecule has 2 aromatic heterocycles. The van der Waals surface area contributed by atoms with E-state index in [0.29, 0.717) is 18.7 Å². The largest absolute Gasteiger partial charge is 0.394 e. The second-order valence-corrected chi connectivity index (χ2v) is 8.71. The lowest BCUT2D eigenvalue weighted by Crippen LogP contribution is -2.32. The van der Waals surface area contributed by atoms with Crippen LogP contribution in [0, 0.1) is 11.3 Å². The number of anilines is 1. The highest BCUT2D eigenvalue weighted by molar-refractivity contribution is 5.94. The lowest BCUT2D eigenvalue weighted by Gasteiger charge is -2.18. The van der Waals surface area contributed by atoms with Crippen LogP contribution in [0.5, 0.6) is 0 Å². The van der Waals surface area contributed by atoms with Gasteiger partial charge in [0.2, 0.25) is 0 Å². The summed E-state index contributed by atoms with van der Waals surface area (Å²) in [6.07, 6.45) is 5.85. The number of nitriles is 1. The number of likely N-dealkylation sites (N-methyl/N-ethyl adjacent to an activating group) is 1. The second-order valence-electron chi connectivity index (χ2n) is 8.71. The van der Waals surface area contributed by atoms with E-state index in [1.807, 2.05) is 42.6 Å². The lowest BCUT2D eigenvalue weighted by atomic mass is 10.1. The Bertz CT molecular complexity index is 1460.